The lowest BCUT2D eigenvalue weighted by molar-refractivity contribution is 0.174. The Morgan fingerprint density at radius 3 is 2.10 bits per heavy atom. The molecule has 204 valence electrons. The van der Waals surface area contributed by atoms with Crippen molar-refractivity contribution in [3.8, 4) is 28.9 Å². The van der Waals surface area contributed by atoms with E-state index in [-0.39, 0.29) is 6.79 Å². The molecule has 0 aliphatic carbocycles. The number of hydrogen-bond acceptors (Lipinski definition) is 8. The number of likely N-dealkylation sites (tertiary alicyclic amines) is 2. The van der Waals surface area contributed by atoms with E-state index >= 15 is 0 Å². The summed E-state index contributed by atoms with van der Waals surface area (Å²) < 4.78 is 29.8. The molecule has 7 rings (SSSR count). The van der Waals surface area contributed by atoms with Crippen LogP contribution >= 0.6 is 0 Å². The predicted octanol–water partition coefficient (Wildman–Crippen LogP) is 5.23. The van der Waals surface area contributed by atoms with Crippen LogP contribution in [0.5, 0.6) is 28.9 Å². The maximum Gasteiger partial charge on any atom is 0.231 e. The molecule has 0 spiro atoms. The van der Waals surface area contributed by atoms with E-state index in [1.165, 1.54) is 25.7 Å². The van der Waals surface area contributed by atoms with Crippen LogP contribution in [0.4, 0.5) is 0 Å². The maximum atomic E-state index is 6.43. The zero-order chi connectivity index (χ0) is 26.2. The number of ether oxygens (including phenoxy) is 5. The molecule has 8 nitrogen and oxygen atoms in total. The van der Waals surface area contributed by atoms with Crippen LogP contribution < -0.4 is 23.7 Å². The van der Waals surface area contributed by atoms with Gasteiger partial charge in [0.2, 0.25) is 12.7 Å². The van der Waals surface area contributed by atoms with Crippen LogP contribution in [0, 0.1) is 0 Å². The number of pyridine rings is 1. The number of hydrogen-bond donors (Lipinski definition) is 0. The monoisotopic (exact) mass is 529 g/mol. The van der Waals surface area contributed by atoms with Crippen molar-refractivity contribution in [2.45, 2.75) is 25.7 Å². The summed E-state index contributed by atoms with van der Waals surface area (Å²) in [5.74, 6) is 3.56. The second-order valence-electron chi connectivity index (χ2n) is 10.6. The van der Waals surface area contributed by atoms with Crippen molar-refractivity contribution in [2.75, 3.05) is 66.4 Å². The summed E-state index contributed by atoms with van der Waals surface area (Å²) in [5.41, 5.74) is 0.874. The molecular weight excluding hydrogens is 494 g/mol. The third-order valence-electron chi connectivity index (χ3n) is 8.23. The lowest BCUT2D eigenvalue weighted by Crippen LogP contribution is -2.25. The molecule has 0 N–H and O–H groups in total. The average Bonchev–Trinajstić information content (AvgIpc) is 3.75. The molecule has 1 aromatic heterocycles. The van der Waals surface area contributed by atoms with Crippen molar-refractivity contribution in [1.29, 1.82) is 0 Å². The first-order chi connectivity index (χ1) is 19.3. The number of aromatic nitrogens is 1. The molecule has 0 saturated carbocycles. The first-order valence-corrected chi connectivity index (χ1v) is 14.1. The lowest BCUT2D eigenvalue weighted by atomic mass is 10.0. The topological polar surface area (TPSA) is 65.5 Å². The van der Waals surface area contributed by atoms with E-state index < -0.39 is 0 Å². The standard InChI is InChI=1S/C31H35N3O5/c1-35-26-18-24-22-7-6-21-16-27-29(39-20-38-27)17-23(21)30(22)32-31(37-15-13-34-10-4-5-11-34)25(24)19-28(26)36-14-12-33-8-2-3-9-33/h6-7,16-19H,2-5,8-15,20H2,1H3. The molecule has 0 amide bonds. The van der Waals surface area contributed by atoms with Gasteiger partial charge in [0.05, 0.1) is 12.6 Å². The van der Waals surface area contributed by atoms with Gasteiger partial charge in [0, 0.05) is 34.6 Å². The molecule has 2 fully saturated rings. The smallest absolute Gasteiger partial charge is 0.231 e. The van der Waals surface area contributed by atoms with Gasteiger partial charge in [-0.1, -0.05) is 12.1 Å². The zero-order valence-corrected chi connectivity index (χ0v) is 22.5. The Morgan fingerprint density at radius 1 is 0.718 bits per heavy atom. The highest BCUT2D eigenvalue weighted by Crippen LogP contribution is 2.43. The SMILES string of the molecule is COc1cc2c(cc1OCCN1CCCC1)c(OCCN1CCCC1)nc1c3cc4c(cc3ccc21)OCO4. The Morgan fingerprint density at radius 2 is 1.38 bits per heavy atom. The predicted molar refractivity (Wildman–Crippen MR) is 152 cm³/mol. The van der Waals surface area contributed by atoms with E-state index in [9.17, 15) is 0 Å². The molecule has 39 heavy (non-hydrogen) atoms. The number of nitrogens with zero attached hydrogens (tertiary/aromatic N) is 3. The highest BCUT2D eigenvalue weighted by atomic mass is 16.7. The molecule has 3 aliphatic rings. The Labute approximate surface area is 228 Å². The third kappa shape index (κ3) is 4.76. The van der Waals surface area contributed by atoms with Gasteiger partial charge in [-0.25, -0.2) is 4.98 Å². The summed E-state index contributed by atoms with van der Waals surface area (Å²) in [7, 11) is 1.70. The Balaban J connectivity index is 1.31. The minimum Gasteiger partial charge on any atom is -0.493 e. The summed E-state index contributed by atoms with van der Waals surface area (Å²) in [6.07, 6.45) is 5.06. The Bertz CT molecular complexity index is 1510. The van der Waals surface area contributed by atoms with Gasteiger partial charge < -0.3 is 23.7 Å². The molecule has 0 bridgehead atoms. The van der Waals surface area contributed by atoms with Crippen LogP contribution in [0.1, 0.15) is 25.7 Å². The molecule has 0 atom stereocenters. The molecular formula is C31H35N3O5. The van der Waals surface area contributed by atoms with Gasteiger partial charge in [0.25, 0.3) is 0 Å². The van der Waals surface area contributed by atoms with Crippen molar-refractivity contribution in [3.05, 3.63) is 36.4 Å². The van der Waals surface area contributed by atoms with Crippen molar-refractivity contribution >= 4 is 32.4 Å². The maximum absolute atomic E-state index is 6.43. The minimum atomic E-state index is 0.239. The van der Waals surface area contributed by atoms with Crippen molar-refractivity contribution in [2.24, 2.45) is 0 Å². The number of benzene rings is 3. The summed E-state index contributed by atoms with van der Waals surface area (Å²) in [4.78, 5) is 10.0. The molecule has 3 aromatic carbocycles. The van der Waals surface area contributed by atoms with Gasteiger partial charge in [-0.2, -0.15) is 0 Å². The summed E-state index contributed by atoms with van der Waals surface area (Å²) in [6.45, 7) is 7.83. The fourth-order valence-electron chi connectivity index (χ4n) is 6.11. The summed E-state index contributed by atoms with van der Waals surface area (Å²) >= 11 is 0. The molecule has 2 saturated heterocycles. The third-order valence-corrected chi connectivity index (χ3v) is 8.23. The van der Waals surface area contributed by atoms with Gasteiger partial charge in [0.1, 0.15) is 13.2 Å². The molecule has 0 unspecified atom stereocenters. The van der Waals surface area contributed by atoms with E-state index in [0.29, 0.717) is 24.8 Å². The molecule has 4 heterocycles. The Hall–Kier alpha value is -3.49. The number of fused-ring (bicyclic) bond motifs is 6. The van der Waals surface area contributed by atoms with Crippen LogP contribution in [0.2, 0.25) is 0 Å². The van der Waals surface area contributed by atoms with Crippen LogP contribution in [0.15, 0.2) is 36.4 Å². The number of methoxy groups -OCH3 is 1. The van der Waals surface area contributed by atoms with Gasteiger partial charge in [-0.05, 0) is 81.5 Å². The molecule has 0 radical (unpaired) electrons. The van der Waals surface area contributed by atoms with Gasteiger partial charge >= 0.3 is 0 Å². The fraction of sp³-hybridized carbons (Fsp3) is 0.452. The molecule has 4 aromatic rings. The zero-order valence-electron chi connectivity index (χ0n) is 22.5. The molecule has 3 aliphatic heterocycles. The van der Waals surface area contributed by atoms with Crippen LogP contribution in [0.25, 0.3) is 32.4 Å². The average molecular weight is 530 g/mol. The van der Waals surface area contributed by atoms with Crippen molar-refractivity contribution < 1.29 is 23.7 Å². The fourth-order valence-corrected chi connectivity index (χ4v) is 6.11. The Kier molecular flexibility index (Phi) is 6.66. The minimum absolute atomic E-state index is 0.239. The van der Waals surface area contributed by atoms with Crippen LogP contribution in [-0.2, 0) is 0 Å². The van der Waals surface area contributed by atoms with Crippen LogP contribution in [0.3, 0.4) is 0 Å². The highest BCUT2D eigenvalue weighted by molar-refractivity contribution is 6.17. The van der Waals surface area contributed by atoms with E-state index in [1.54, 1.807) is 7.11 Å². The summed E-state index contributed by atoms with van der Waals surface area (Å²) in [5, 5.41) is 5.05. The highest BCUT2D eigenvalue weighted by Gasteiger charge is 2.21. The number of rotatable bonds is 9. The molecule has 8 heteroatoms. The van der Waals surface area contributed by atoms with Crippen LogP contribution in [-0.4, -0.2) is 81.2 Å². The van der Waals surface area contributed by atoms with Crippen molar-refractivity contribution in [1.82, 2.24) is 14.8 Å². The second kappa shape index (κ2) is 10.6. The van der Waals surface area contributed by atoms with Gasteiger partial charge in [0.15, 0.2) is 23.0 Å². The second-order valence-corrected chi connectivity index (χ2v) is 10.6. The van der Waals surface area contributed by atoms with E-state index in [0.717, 1.165) is 89.0 Å². The lowest BCUT2D eigenvalue weighted by Gasteiger charge is -2.19. The first-order valence-electron chi connectivity index (χ1n) is 14.1. The van der Waals surface area contributed by atoms with Gasteiger partial charge in [-0.15, -0.1) is 0 Å². The summed E-state index contributed by atoms with van der Waals surface area (Å²) in [6, 6.07) is 12.4. The quantitative estimate of drug-likeness (QED) is 0.273. The van der Waals surface area contributed by atoms with E-state index in [2.05, 4.69) is 28.0 Å². The van der Waals surface area contributed by atoms with Crippen molar-refractivity contribution in [3.63, 3.8) is 0 Å². The van der Waals surface area contributed by atoms with E-state index in [1.807, 2.05) is 18.2 Å². The normalized spacial score (nSPS) is 17.6. The van der Waals surface area contributed by atoms with Gasteiger partial charge in [-0.3, -0.25) is 9.80 Å². The first kappa shape index (κ1) is 24.5. The van der Waals surface area contributed by atoms with E-state index in [4.69, 9.17) is 28.7 Å². The largest absolute Gasteiger partial charge is 0.493 e.